The molecule has 0 amide bonds. The van der Waals surface area contributed by atoms with Crippen LogP contribution in [0.4, 0.5) is 5.13 Å². The summed E-state index contributed by atoms with van der Waals surface area (Å²) in [6.07, 6.45) is 3.92. The summed E-state index contributed by atoms with van der Waals surface area (Å²) < 4.78 is 19.6. The van der Waals surface area contributed by atoms with E-state index in [9.17, 15) is 0 Å². The van der Waals surface area contributed by atoms with Crippen molar-refractivity contribution in [3.05, 3.63) is 42.2 Å². The fraction of sp³-hybridized carbons (Fsp3) is 0.364. The highest BCUT2D eigenvalue weighted by Crippen LogP contribution is 2.32. The number of methoxy groups -OCH3 is 2. The molecule has 0 radical (unpaired) electrons. The third-order valence-corrected chi connectivity index (χ3v) is 6.43. The van der Waals surface area contributed by atoms with E-state index in [-0.39, 0.29) is 0 Å². The molecule has 8 heteroatoms. The number of ether oxygens (including phenoxy) is 3. The van der Waals surface area contributed by atoms with Gasteiger partial charge in [0.05, 0.1) is 41.8 Å². The fourth-order valence-electron chi connectivity index (χ4n) is 3.85. The molecule has 0 saturated carbocycles. The van der Waals surface area contributed by atoms with E-state index in [1.54, 1.807) is 25.6 Å². The van der Waals surface area contributed by atoms with Gasteiger partial charge in [-0.3, -0.25) is 0 Å². The highest BCUT2D eigenvalue weighted by molar-refractivity contribution is 7.22. The summed E-state index contributed by atoms with van der Waals surface area (Å²) in [6.45, 7) is 2.37. The lowest BCUT2D eigenvalue weighted by Crippen LogP contribution is -2.27. The summed E-state index contributed by atoms with van der Waals surface area (Å²) >= 11 is 1.71. The van der Waals surface area contributed by atoms with Crippen molar-refractivity contribution in [1.82, 2.24) is 14.5 Å². The van der Waals surface area contributed by atoms with Crippen molar-refractivity contribution in [3.63, 3.8) is 0 Å². The van der Waals surface area contributed by atoms with Gasteiger partial charge >= 0.3 is 0 Å². The number of fused-ring (bicyclic) bond motifs is 2. The van der Waals surface area contributed by atoms with E-state index in [4.69, 9.17) is 19.2 Å². The van der Waals surface area contributed by atoms with E-state index >= 15 is 0 Å². The zero-order chi connectivity index (χ0) is 20.5. The number of hydrogen-bond acceptors (Lipinski definition) is 7. The molecule has 1 aliphatic rings. The van der Waals surface area contributed by atoms with Gasteiger partial charge in [-0.2, -0.15) is 0 Å². The molecule has 0 aliphatic carbocycles. The quantitative estimate of drug-likeness (QED) is 0.498. The second-order valence-electron chi connectivity index (χ2n) is 7.42. The molecule has 2 aromatic carbocycles. The molecule has 30 heavy (non-hydrogen) atoms. The summed E-state index contributed by atoms with van der Waals surface area (Å²) in [5.41, 5.74) is 4.13. The third-order valence-electron chi connectivity index (χ3n) is 5.48. The van der Waals surface area contributed by atoms with Crippen LogP contribution in [0.2, 0.25) is 0 Å². The zero-order valence-corrected chi connectivity index (χ0v) is 17.9. The molecular weight excluding hydrogens is 400 g/mol. The normalized spacial score (nSPS) is 15.0. The van der Waals surface area contributed by atoms with Gasteiger partial charge in [0.1, 0.15) is 0 Å². The fourth-order valence-corrected chi connectivity index (χ4v) is 4.86. The highest BCUT2D eigenvalue weighted by Gasteiger charge is 2.16. The van der Waals surface area contributed by atoms with Crippen LogP contribution in [0.25, 0.3) is 21.3 Å². The topological polar surface area (TPSA) is 70.4 Å². The number of thiazole rings is 1. The maximum absolute atomic E-state index is 5.45. The van der Waals surface area contributed by atoms with Gasteiger partial charge in [-0.05, 0) is 30.5 Å². The molecule has 0 unspecified atom stereocenters. The van der Waals surface area contributed by atoms with Crippen LogP contribution in [0, 0.1) is 0 Å². The number of nitrogens with one attached hydrogen (secondary N) is 1. The molecule has 0 atom stereocenters. The monoisotopic (exact) mass is 424 g/mol. The largest absolute Gasteiger partial charge is 0.493 e. The van der Waals surface area contributed by atoms with Gasteiger partial charge in [-0.25, -0.2) is 9.97 Å². The third kappa shape index (κ3) is 3.68. The lowest BCUT2D eigenvalue weighted by molar-refractivity contribution is 0.0904. The van der Waals surface area contributed by atoms with Crippen molar-refractivity contribution in [2.75, 3.05) is 32.8 Å². The van der Waals surface area contributed by atoms with Crippen LogP contribution in [0.15, 0.2) is 36.7 Å². The summed E-state index contributed by atoms with van der Waals surface area (Å²) in [6, 6.07) is 10.8. The van der Waals surface area contributed by atoms with Crippen molar-refractivity contribution < 1.29 is 14.2 Å². The Morgan fingerprint density at radius 1 is 1.10 bits per heavy atom. The van der Waals surface area contributed by atoms with Gasteiger partial charge in [-0.15, -0.1) is 0 Å². The Labute approximate surface area is 178 Å². The Kier molecular flexibility index (Phi) is 5.18. The average molecular weight is 425 g/mol. The Balaban J connectivity index is 1.40. The number of hydrogen-bond donors (Lipinski definition) is 1. The Morgan fingerprint density at radius 2 is 1.90 bits per heavy atom. The van der Waals surface area contributed by atoms with Gasteiger partial charge in [0.15, 0.2) is 16.6 Å². The minimum atomic E-state index is 0.447. The summed E-state index contributed by atoms with van der Waals surface area (Å²) in [5, 5.41) is 4.55. The van der Waals surface area contributed by atoms with E-state index in [1.807, 2.05) is 18.5 Å². The summed E-state index contributed by atoms with van der Waals surface area (Å²) in [7, 11) is 3.28. The van der Waals surface area contributed by atoms with Crippen molar-refractivity contribution in [2.45, 2.75) is 25.4 Å². The summed E-state index contributed by atoms with van der Waals surface area (Å²) in [5.74, 6) is 1.39. The number of aromatic nitrogens is 3. The minimum Gasteiger partial charge on any atom is -0.493 e. The highest BCUT2D eigenvalue weighted by atomic mass is 32.1. The van der Waals surface area contributed by atoms with Crippen LogP contribution in [-0.2, 0) is 11.3 Å². The molecule has 0 spiro atoms. The van der Waals surface area contributed by atoms with E-state index in [1.165, 1.54) is 10.3 Å². The predicted molar refractivity (Wildman–Crippen MR) is 119 cm³/mol. The molecule has 2 aromatic heterocycles. The van der Waals surface area contributed by atoms with Crippen LogP contribution in [0.5, 0.6) is 11.5 Å². The molecule has 5 rings (SSSR count). The first-order chi connectivity index (χ1) is 14.7. The maximum Gasteiger partial charge on any atom is 0.184 e. The molecule has 1 saturated heterocycles. The number of nitrogens with zero attached hydrogens (tertiary/aromatic N) is 3. The van der Waals surface area contributed by atoms with Crippen LogP contribution >= 0.6 is 11.3 Å². The first-order valence-electron chi connectivity index (χ1n) is 10.0. The van der Waals surface area contributed by atoms with Crippen LogP contribution in [-0.4, -0.2) is 48.0 Å². The van der Waals surface area contributed by atoms with Crippen molar-refractivity contribution >= 4 is 37.7 Å². The Bertz CT molecular complexity index is 1180. The van der Waals surface area contributed by atoms with Gasteiger partial charge < -0.3 is 24.1 Å². The second kappa shape index (κ2) is 8.12. The molecular formula is C22H24N4O3S. The smallest absolute Gasteiger partial charge is 0.184 e. The van der Waals surface area contributed by atoms with E-state index in [0.717, 1.165) is 54.3 Å². The molecule has 4 aromatic rings. The number of benzene rings is 2. The second-order valence-corrected chi connectivity index (χ2v) is 8.45. The first-order valence-corrected chi connectivity index (χ1v) is 10.9. The lowest BCUT2D eigenvalue weighted by atomic mass is 10.1. The Hall–Kier alpha value is -2.84. The molecule has 1 aliphatic heterocycles. The van der Waals surface area contributed by atoms with E-state index in [2.05, 4.69) is 33.1 Å². The van der Waals surface area contributed by atoms with Gasteiger partial charge in [0, 0.05) is 37.9 Å². The molecule has 3 heterocycles. The van der Waals surface area contributed by atoms with E-state index in [0.29, 0.717) is 17.5 Å². The van der Waals surface area contributed by atoms with Crippen LogP contribution in [0.3, 0.4) is 0 Å². The average Bonchev–Trinajstić information content (AvgIpc) is 3.36. The molecule has 7 nitrogen and oxygen atoms in total. The molecule has 1 fully saturated rings. The maximum atomic E-state index is 5.45. The lowest BCUT2D eigenvalue weighted by Gasteiger charge is -2.22. The number of rotatable bonds is 6. The first kappa shape index (κ1) is 19.1. The van der Waals surface area contributed by atoms with Gasteiger partial charge in [-0.1, -0.05) is 17.4 Å². The van der Waals surface area contributed by atoms with Crippen molar-refractivity contribution in [3.8, 4) is 11.5 Å². The summed E-state index contributed by atoms with van der Waals surface area (Å²) in [4.78, 5) is 9.28. The van der Waals surface area contributed by atoms with Crippen LogP contribution in [0.1, 0.15) is 18.4 Å². The minimum absolute atomic E-state index is 0.447. The van der Waals surface area contributed by atoms with Gasteiger partial charge in [0.2, 0.25) is 0 Å². The molecule has 156 valence electrons. The zero-order valence-electron chi connectivity index (χ0n) is 17.1. The van der Waals surface area contributed by atoms with Crippen molar-refractivity contribution in [2.24, 2.45) is 0 Å². The van der Waals surface area contributed by atoms with Crippen molar-refractivity contribution in [1.29, 1.82) is 0 Å². The molecule has 1 N–H and O–H groups in total. The predicted octanol–water partition coefficient (Wildman–Crippen LogP) is 4.30. The Morgan fingerprint density at radius 3 is 2.70 bits per heavy atom. The van der Waals surface area contributed by atoms with E-state index < -0.39 is 0 Å². The van der Waals surface area contributed by atoms with Gasteiger partial charge in [0.25, 0.3) is 0 Å². The number of anilines is 1. The standard InChI is InChI=1S/C22H24N4O3S/c1-27-19-10-17-18(11-20(19)28-2)26(13-23-17)12-14-3-4-16-21(9-14)30-22(25-16)24-15-5-7-29-8-6-15/h3-4,9-11,13,15H,5-8,12H2,1-2H3,(H,24,25). The number of imidazole rings is 1. The van der Waals surface area contributed by atoms with Crippen LogP contribution < -0.4 is 14.8 Å². The SMILES string of the molecule is COc1cc2ncn(Cc3ccc4nc(NC5CCOCC5)sc4c3)c2cc1OC. The molecule has 0 bridgehead atoms.